The van der Waals surface area contributed by atoms with Crippen molar-refractivity contribution in [2.45, 2.75) is 24.9 Å². The zero-order valence-electron chi connectivity index (χ0n) is 11.9. The maximum absolute atomic E-state index is 12.9. The molecule has 0 saturated carbocycles. The molecule has 1 aliphatic rings. The molecular weight excluding hydrogens is 341 g/mol. The van der Waals surface area contributed by atoms with Gasteiger partial charge in [0.25, 0.3) is 0 Å². The average Bonchev–Trinajstić information content (AvgIpc) is 2.38. The number of nitrogens with zero attached hydrogens (tertiary/aromatic N) is 1. The molecule has 0 aliphatic carbocycles. The van der Waals surface area contributed by atoms with Gasteiger partial charge < -0.3 is 5.32 Å². The number of hydrogen-bond acceptors (Lipinski definition) is 3. The maximum Gasteiger partial charge on any atom is 0.416 e. The van der Waals surface area contributed by atoms with Crippen LogP contribution >= 0.6 is 12.4 Å². The summed E-state index contributed by atoms with van der Waals surface area (Å²) >= 11 is 0. The number of alkyl halides is 3. The van der Waals surface area contributed by atoms with Crippen molar-refractivity contribution in [2.24, 2.45) is 0 Å². The van der Waals surface area contributed by atoms with Crippen molar-refractivity contribution in [3.63, 3.8) is 0 Å². The van der Waals surface area contributed by atoms with Gasteiger partial charge in [-0.25, -0.2) is 8.42 Å². The highest BCUT2D eigenvalue weighted by Crippen LogP contribution is 2.33. The van der Waals surface area contributed by atoms with Crippen LogP contribution in [0, 0.1) is 0 Å². The largest absolute Gasteiger partial charge is 0.416 e. The van der Waals surface area contributed by atoms with Crippen LogP contribution in [0.15, 0.2) is 24.3 Å². The van der Waals surface area contributed by atoms with E-state index in [1.54, 1.807) is 6.92 Å². The summed E-state index contributed by atoms with van der Waals surface area (Å²) in [6.07, 6.45) is -4.55. The fourth-order valence-electron chi connectivity index (χ4n) is 2.44. The molecular formula is C13H18ClF3N2O2S. The number of halogens is 4. The molecule has 4 nitrogen and oxygen atoms in total. The van der Waals surface area contributed by atoms with Crippen molar-refractivity contribution in [3.8, 4) is 0 Å². The van der Waals surface area contributed by atoms with E-state index in [0.29, 0.717) is 13.1 Å². The van der Waals surface area contributed by atoms with Gasteiger partial charge in [0, 0.05) is 25.7 Å². The second kappa shape index (κ2) is 7.16. The monoisotopic (exact) mass is 358 g/mol. The molecule has 1 aliphatic heterocycles. The quantitative estimate of drug-likeness (QED) is 0.901. The molecule has 1 aromatic rings. The lowest BCUT2D eigenvalue weighted by atomic mass is 10.1. The molecule has 1 atom stereocenters. The molecule has 1 fully saturated rings. The summed E-state index contributed by atoms with van der Waals surface area (Å²) in [7, 11) is -3.78. The summed E-state index contributed by atoms with van der Waals surface area (Å²) in [5, 5.41) is 3.05. The van der Waals surface area contributed by atoms with Crippen molar-refractivity contribution in [2.75, 3.05) is 19.6 Å². The predicted molar refractivity (Wildman–Crippen MR) is 80.4 cm³/mol. The second-order valence-corrected chi connectivity index (χ2v) is 7.00. The third-order valence-electron chi connectivity index (χ3n) is 3.46. The van der Waals surface area contributed by atoms with Crippen LogP contribution < -0.4 is 5.32 Å². The van der Waals surface area contributed by atoms with E-state index in [2.05, 4.69) is 5.32 Å². The van der Waals surface area contributed by atoms with Crippen LogP contribution in [0.1, 0.15) is 18.1 Å². The lowest BCUT2D eigenvalue weighted by Crippen LogP contribution is -2.52. The molecule has 1 heterocycles. The van der Waals surface area contributed by atoms with E-state index < -0.39 is 27.5 Å². The first-order chi connectivity index (χ1) is 9.72. The Morgan fingerprint density at radius 1 is 1.32 bits per heavy atom. The Balaban J connectivity index is 0.00000242. The number of piperazine rings is 1. The number of rotatable bonds is 3. The predicted octanol–water partition coefficient (Wildman–Crippen LogP) is 2.25. The van der Waals surface area contributed by atoms with E-state index >= 15 is 0 Å². The summed E-state index contributed by atoms with van der Waals surface area (Å²) in [6.45, 7) is 3.02. The molecule has 1 saturated heterocycles. The summed E-state index contributed by atoms with van der Waals surface area (Å²) < 4.78 is 64.8. The van der Waals surface area contributed by atoms with Crippen molar-refractivity contribution < 1.29 is 21.6 Å². The molecule has 22 heavy (non-hydrogen) atoms. The molecule has 0 bridgehead atoms. The van der Waals surface area contributed by atoms with Crippen LogP contribution in [0.4, 0.5) is 13.2 Å². The topological polar surface area (TPSA) is 49.4 Å². The van der Waals surface area contributed by atoms with Gasteiger partial charge in [0.2, 0.25) is 10.0 Å². The number of benzene rings is 1. The first-order valence-corrected chi connectivity index (χ1v) is 8.18. The Hall–Kier alpha value is -0.830. The fourth-order valence-corrected chi connectivity index (χ4v) is 4.24. The summed E-state index contributed by atoms with van der Waals surface area (Å²) in [6, 6.07) is 4.54. The van der Waals surface area contributed by atoms with E-state index in [-0.39, 0.29) is 30.6 Å². The van der Waals surface area contributed by atoms with E-state index in [4.69, 9.17) is 0 Å². The van der Waals surface area contributed by atoms with Gasteiger partial charge in [-0.3, -0.25) is 0 Å². The zero-order chi connectivity index (χ0) is 15.7. The van der Waals surface area contributed by atoms with Crippen LogP contribution in [0.5, 0.6) is 0 Å². The van der Waals surface area contributed by atoms with E-state index in [9.17, 15) is 21.6 Å². The van der Waals surface area contributed by atoms with Gasteiger partial charge in [-0.05, 0) is 18.6 Å². The average molecular weight is 359 g/mol. The SMILES string of the molecule is C[C@@H]1CNCCN1S(=O)(=O)Cc1ccccc1C(F)(F)F.Cl. The lowest BCUT2D eigenvalue weighted by Gasteiger charge is -2.33. The van der Waals surface area contributed by atoms with Gasteiger partial charge in [0.15, 0.2) is 0 Å². The first-order valence-electron chi connectivity index (χ1n) is 6.57. The Labute approximate surface area is 134 Å². The number of hydrogen-bond donors (Lipinski definition) is 1. The number of sulfonamides is 1. The van der Waals surface area contributed by atoms with Gasteiger partial charge in [-0.15, -0.1) is 12.4 Å². The van der Waals surface area contributed by atoms with Crippen LogP contribution in [0.3, 0.4) is 0 Å². The highest BCUT2D eigenvalue weighted by molar-refractivity contribution is 7.88. The summed E-state index contributed by atoms with van der Waals surface area (Å²) in [5.41, 5.74) is -1.10. The molecule has 0 spiro atoms. The minimum absolute atomic E-state index is 0. The van der Waals surface area contributed by atoms with Crippen LogP contribution in [0.25, 0.3) is 0 Å². The number of nitrogens with one attached hydrogen (secondary N) is 1. The summed E-state index contributed by atoms with van der Waals surface area (Å²) in [4.78, 5) is 0. The van der Waals surface area contributed by atoms with Crippen LogP contribution in [-0.2, 0) is 22.0 Å². The Morgan fingerprint density at radius 2 is 1.95 bits per heavy atom. The maximum atomic E-state index is 12.9. The van der Waals surface area contributed by atoms with E-state index in [1.165, 1.54) is 22.5 Å². The zero-order valence-corrected chi connectivity index (χ0v) is 13.6. The Kier molecular flexibility index (Phi) is 6.26. The third-order valence-corrected chi connectivity index (χ3v) is 5.39. The third kappa shape index (κ3) is 4.34. The van der Waals surface area contributed by atoms with Crippen molar-refractivity contribution in [1.29, 1.82) is 0 Å². The summed E-state index contributed by atoms with van der Waals surface area (Å²) in [5.74, 6) is -0.632. The van der Waals surface area contributed by atoms with E-state index in [0.717, 1.165) is 6.07 Å². The second-order valence-electron chi connectivity index (χ2n) is 5.07. The molecule has 0 radical (unpaired) electrons. The first kappa shape index (κ1) is 19.2. The molecule has 2 rings (SSSR count). The minimum atomic E-state index is -4.55. The lowest BCUT2D eigenvalue weighted by molar-refractivity contribution is -0.138. The normalized spacial score (nSPS) is 20.5. The van der Waals surface area contributed by atoms with Crippen molar-refractivity contribution in [1.82, 2.24) is 9.62 Å². The van der Waals surface area contributed by atoms with Gasteiger partial charge in [0.1, 0.15) is 0 Å². The van der Waals surface area contributed by atoms with Crippen molar-refractivity contribution in [3.05, 3.63) is 35.4 Å². The van der Waals surface area contributed by atoms with Gasteiger partial charge in [-0.2, -0.15) is 17.5 Å². The van der Waals surface area contributed by atoms with Gasteiger partial charge >= 0.3 is 6.18 Å². The van der Waals surface area contributed by atoms with E-state index in [1.807, 2.05) is 0 Å². The Bertz CT molecular complexity index is 608. The molecule has 1 N–H and O–H groups in total. The highest BCUT2D eigenvalue weighted by atomic mass is 35.5. The van der Waals surface area contributed by atoms with Gasteiger partial charge in [-0.1, -0.05) is 18.2 Å². The highest BCUT2D eigenvalue weighted by Gasteiger charge is 2.36. The molecule has 126 valence electrons. The minimum Gasteiger partial charge on any atom is -0.314 e. The molecule has 9 heteroatoms. The molecule has 0 amide bonds. The molecule has 1 aromatic carbocycles. The van der Waals surface area contributed by atoms with Crippen LogP contribution in [0.2, 0.25) is 0 Å². The fraction of sp³-hybridized carbons (Fsp3) is 0.538. The standard InChI is InChI=1S/C13H17F3N2O2S.ClH/c1-10-8-17-6-7-18(10)21(19,20)9-11-4-2-3-5-12(11)13(14,15)16;/h2-5,10,17H,6-9H2,1H3;1H/t10-;/m1./s1. The smallest absolute Gasteiger partial charge is 0.314 e. The van der Waals surface area contributed by atoms with Crippen LogP contribution in [-0.4, -0.2) is 38.4 Å². The van der Waals surface area contributed by atoms with Gasteiger partial charge in [0.05, 0.1) is 11.3 Å². The molecule has 0 unspecified atom stereocenters. The Morgan fingerprint density at radius 3 is 2.55 bits per heavy atom. The van der Waals surface area contributed by atoms with Crippen molar-refractivity contribution >= 4 is 22.4 Å². The molecule has 0 aromatic heterocycles.